The molecule has 0 radical (unpaired) electrons. The minimum Gasteiger partial charge on any atom is -0.423 e. The summed E-state index contributed by atoms with van der Waals surface area (Å²) in [5, 5.41) is 33.9. The highest BCUT2D eigenvalue weighted by atomic mass is 16.4. The number of carbonyl (C=O) groups is 4. The van der Waals surface area contributed by atoms with Gasteiger partial charge in [0.15, 0.2) is 0 Å². The number of hydrogen-bond acceptors (Lipinski definition) is 6. The molecule has 4 amide bonds. The summed E-state index contributed by atoms with van der Waals surface area (Å²) in [6.45, 7) is 0.247. The summed E-state index contributed by atoms with van der Waals surface area (Å²) < 4.78 is 0. The zero-order valence-electron chi connectivity index (χ0n) is 27.3. The van der Waals surface area contributed by atoms with Crippen LogP contribution in [0.4, 0.5) is 0 Å². The Morgan fingerprint density at radius 1 is 0.700 bits per heavy atom. The number of amides is 4. The third kappa shape index (κ3) is 7.75. The molecule has 0 heterocycles. The second-order valence-electron chi connectivity index (χ2n) is 12.4. The molecule has 10 nitrogen and oxygen atoms in total. The monoisotopic (exact) mass is 668 g/mol. The summed E-state index contributed by atoms with van der Waals surface area (Å²) >= 11 is 0. The third-order valence-electron chi connectivity index (χ3n) is 9.00. The quantitative estimate of drug-likeness (QED) is 0.0592. The largest absolute Gasteiger partial charge is 0.488 e. The zero-order valence-corrected chi connectivity index (χ0v) is 27.3. The minimum absolute atomic E-state index is 0.154. The lowest BCUT2D eigenvalue weighted by atomic mass is 9.80. The lowest BCUT2D eigenvalue weighted by Crippen LogP contribution is -2.53. The van der Waals surface area contributed by atoms with Crippen molar-refractivity contribution >= 4 is 68.5 Å². The molecule has 0 spiro atoms. The zero-order chi connectivity index (χ0) is 35.2. The van der Waals surface area contributed by atoms with Gasteiger partial charge in [0.1, 0.15) is 12.1 Å². The molecule has 0 aliphatic carbocycles. The van der Waals surface area contributed by atoms with Crippen LogP contribution in [0.15, 0.2) is 109 Å². The highest BCUT2D eigenvalue weighted by molar-refractivity contribution is 6.58. The highest BCUT2D eigenvalue weighted by Crippen LogP contribution is 2.36. The van der Waals surface area contributed by atoms with Crippen molar-refractivity contribution in [2.75, 3.05) is 6.54 Å². The fourth-order valence-electron chi connectivity index (χ4n) is 6.38. The Balaban J connectivity index is 1.11. The Hall–Kier alpha value is -5.78. The molecule has 6 aromatic carbocycles. The molecule has 0 saturated heterocycles. The summed E-state index contributed by atoms with van der Waals surface area (Å²) in [5.41, 5.74) is 7.75. The first kappa shape index (κ1) is 34.1. The standard InChI is InChI=1S/C39H37BN4O6/c41-37(46)33(22-24-6-2-1-3-7-24)44-39(48)32(43-38(47)28-15-18-30(19-16-28)40(49)50)10-5-21-42-34(45)23-29-14-13-27-12-11-25-8-4-9-26-17-20-31(29)36(27)35(25)26/h1-4,6-9,11-20,32-33,49-50H,5,10,21-23H2,(H2,41,46)(H,42,45)(H,43,47)(H,44,48)/t32-,33-/m0/s1. The van der Waals surface area contributed by atoms with Gasteiger partial charge < -0.3 is 31.7 Å². The maximum absolute atomic E-state index is 13.5. The van der Waals surface area contributed by atoms with Crippen LogP contribution in [0, 0.1) is 0 Å². The summed E-state index contributed by atoms with van der Waals surface area (Å²) in [6.07, 6.45) is 0.846. The van der Waals surface area contributed by atoms with Gasteiger partial charge in [0.25, 0.3) is 5.91 Å². The maximum Gasteiger partial charge on any atom is 0.488 e. The lowest BCUT2D eigenvalue weighted by molar-refractivity contribution is -0.128. The van der Waals surface area contributed by atoms with Crippen LogP contribution in [0.25, 0.3) is 32.3 Å². The molecule has 0 saturated carbocycles. The minimum atomic E-state index is -1.69. The van der Waals surface area contributed by atoms with Gasteiger partial charge in [-0.05, 0) is 73.9 Å². The topological polar surface area (TPSA) is 171 Å². The van der Waals surface area contributed by atoms with Gasteiger partial charge in [-0.15, -0.1) is 0 Å². The Bertz CT molecular complexity index is 2140. The molecule has 252 valence electrons. The van der Waals surface area contributed by atoms with Gasteiger partial charge in [0.2, 0.25) is 17.7 Å². The Labute approximate surface area is 289 Å². The Morgan fingerprint density at radius 2 is 1.36 bits per heavy atom. The van der Waals surface area contributed by atoms with Crippen LogP contribution >= 0.6 is 0 Å². The first-order valence-electron chi connectivity index (χ1n) is 16.5. The average Bonchev–Trinajstić information content (AvgIpc) is 3.12. The first-order valence-corrected chi connectivity index (χ1v) is 16.5. The van der Waals surface area contributed by atoms with Crippen LogP contribution in [-0.4, -0.2) is 59.4 Å². The molecule has 0 fully saturated rings. The van der Waals surface area contributed by atoms with Crippen molar-refractivity contribution in [2.24, 2.45) is 5.73 Å². The van der Waals surface area contributed by atoms with Gasteiger partial charge in [-0.3, -0.25) is 19.2 Å². The fourth-order valence-corrected chi connectivity index (χ4v) is 6.38. The molecule has 0 aliphatic heterocycles. The van der Waals surface area contributed by atoms with Crippen molar-refractivity contribution in [3.8, 4) is 0 Å². The number of nitrogens with one attached hydrogen (secondary N) is 3. The van der Waals surface area contributed by atoms with E-state index in [4.69, 9.17) is 5.73 Å². The van der Waals surface area contributed by atoms with E-state index < -0.39 is 36.9 Å². The van der Waals surface area contributed by atoms with E-state index in [2.05, 4.69) is 52.3 Å². The molecule has 7 N–H and O–H groups in total. The Kier molecular flexibility index (Phi) is 10.4. The van der Waals surface area contributed by atoms with Crippen LogP contribution in [0.2, 0.25) is 0 Å². The van der Waals surface area contributed by atoms with Gasteiger partial charge in [0, 0.05) is 18.5 Å². The molecule has 0 bridgehead atoms. The second kappa shape index (κ2) is 15.2. The highest BCUT2D eigenvalue weighted by Gasteiger charge is 2.26. The second-order valence-corrected chi connectivity index (χ2v) is 12.4. The molecule has 50 heavy (non-hydrogen) atoms. The van der Waals surface area contributed by atoms with Crippen molar-refractivity contribution in [3.63, 3.8) is 0 Å². The SMILES string of the molecule is NC(=O)[C@H](Cc1ccccc1)NC(=O)[C@H](CCCNC(=O)Cc1ccc2ccc3cccc4ccc1c2c34)NC(=O)c1ccc(B(O)O)cc1. The van der Waals surface area contributed by atoms with Gasteiger partial charge in [0.05, 0.1) is 6.42 Å². The van der Waals surface area contributed by atoms with Crippen LogP contribution in [0.3, 0.4) is 0 Å². The smallest absolute Gasteiger partial charge is 0.423 e. The van der Waals surface area contributed by atoms with Crippen molar-refractivity contribution < 1.29 is 29.2 Å². The summed E-state index contributed by atoms with van der Waals surface area (Å²) in [4.78, 5) is 52.1. The van der Waals surface area contributed by atoms with Gasteiger partial charge >= 0.3 is 7.12 Å². The normalized spacial score (nSPS) is 12.4. The summed E-state index contributed by atoms with van der Waals surface area (Å²) in [7, 11) is -1.69. The molecule has 11 heteroatoms. The van der Waals surface area contributed by atoms with Crippen molar-refractivity contribution in [3.05, 3.63) is 126 Å². The van der Waals surface area contributed by atoms with E-state index >= 15 is 0 Å². The van der Waals surface area contributed by atoms with Crippen LogP contribution in [-0.2, 0) is 27.2 Å². The molecule has 0 aromatic heterocycles. The summed E-state index contributed by atoms with van der Waals surface area (Å²) in [6, 6.07) is 31.3. The van der Waals surface area contributed by atoms with Gasteiger partial charge in [-0.1, -0.05) is 97.1 Å². The van der Waals surface area contributed by atoms with E-state index in [0.29, 0.717) is 6.42 Å². The van der Waals surface area contributed by atoms with E-state index in [-0.39, 0.29) is 42.7 Å². The molecule has 6 aromatic rings. The van der Waals surface area contributed by atoms with E-state index in [1.807, 2.05) is 48.5 Å². The van der Waals surface area contributed by atoms with Crippen molar-refractivity contribution in [2.45, 2.75) is 37.8 Å². The average molecular weight is 669 g/mol. The molecule has 2 atom stereocenters. The van der Waals surface area contributed by atoms with E-state index in [1.165, 1.54) is 29.7 Å². The number of hydrogen-bond donors (Lipinski definition) is 6. The number of benzene rings is 6. The van der Waals surface area contributed by atoms with Crippen LogP contribution in [0.1, 0.15) is 34.3 Å². The fraction of sp³-hybridized carbons (Fsp3) is 0.179. The van der Waals surface area contributed by atoms with Crippen LogP contribution < -0.4 is 27.1 Å². The molecule has 6 rings (SSSR count). The number of rotatable bonds is 14. The number of carbonyl (C=O) groups excluding carboxylic acids is 4. The van der Waals surface area contributed by atoms with Crippen molar-refractivity contribution in [1.82, 2.24) is 16.0 Å². The summed E-state index contributed by atoms with van der Waals surface area (Å²) in [5.74, 6) is -2.06. The third-order valence-corrected chi connectivity index (χ3v) is 9.00. The maximum atomic E-state index is 13.5. The van der Waals surface area contributed by atoms with Gasteiger partial charge in [-0.2, -0.15) is 0 Å². The predicted molar refractivity (Wildman–Crippen MR) is 195 cm³/mol. The molecule has 0 aliphatic rings. The van der Waals surface area contributed by atoms with Crippen LogP contribution in [0.5, 0.6) is 0 Å². The Morgan fingerprint density at radius 3 is 2.04 bits per heavy atom. The first-order chi connectivity index (χ1) is 24.2. The van der Waals surface area contributed by atoms with Gasteiger partial charge in [-0.25, -0.2) is 0 Å². The molecular weight excluding hydrogens is 631 g/mol. The number of nitrogens with two attached hydrogens (primary N) is 1. The molecular formula is C39H37BN4O6. The van der Waals surface area contributed by atoms with E-state index in [1.54, 1.807) is 0 Å². The predicted octanol–water partition coefficient (Wildman–Crippen LogP) is 2.71. The lowest BCUT2D eigenvalue weighted by Gasteiger charge is -2.22. The molecule has 0 unspecified atom stereocenters. The van der Waals surface area contributed by atoms with Crippen molar-refractivity contribution in [1.29, 1.82) is 0 Å². The number of primary amides is 1. The van der Waals surface area contributed by atoms with E-state index in [0.717, 1.165) is 38.1 Å². The van der Waals surface area contributed by atoms with E-state index in [9.17, 15) is 29.2 Å².